The summed E-state index contributed by atoms with van der Waals surface area (Å²) in [5.41, 5.74) is 9.60. The van der Waals surface area contributed by atoms with E-state index in [1.54, 1.807) is 0 Å². The van der Waals surface area contributed by atoms with Crippen molar-refractivity contribution in [1.29, 1.82) is 0 Å². The van der Waals surface area contributed by atoms with Gasteiger partial charge in [-0.25, -0.2) is 0 Å². The topological polar surface area (TPSA) is 35.2 Å². The fourth-order valence-corrected chi connectivity index (χ4v) is 3.99. The van der Waals surface area contributed by atoms with Crippen LogP contribution in [0.4, 0.5) is 0 Å². The lowest BCUT2D eigenvalue weighted by Crippen LogP contribution is -2.12. The van der Waals surface area contributed by atoms with Crippen LogP contribution >= 0.6 is 11.8 Å². The zero-order valence-electron chi connectivity index (χ0n) is 12.3. The number of ether oxygens (including phenoxy) is 1. The molecule has 21 heavy (non-hydrogen) atoms. The molecule has 1 heterocycles. The van der Waals surface area contributed by atoms with Gasteiger partial charge in [0.05, 0.1) is 6.61 Å². The van der Waals surface area contributed by atoms with E-state index in [1.807, 2.05) is 11.8 Å². The van der Waals surface area contributed by atoms with E-state index in [1.165, 1.54) is 21.6 Å². The molecule has 1 aliphatic heterocycles. The van der Waals surface area contributed by atoms with Crippen LogP contribution in [0.5, 0.6) is 5.75 Å². The van der Waals surface area contributed by atoms with Gasteiger partial charge in [-0.05, 0) is 43.1 Å². The van der Waals surface area contributed by atoms with Crippen molar-refractivity contribution in [3.05, 3.63) is 59.2 Å². The average molecular weight is 299 g/mol. The van der Waals surface area contributed by atoms with Gasteiger partial charge in [0.2, 0.25) is 0 Å². The second kappa shape index (κ2) is 6.54. The standard InChI is InChI=1S/C18H21NOS/c1-13-6-7-17(14(10-13)8-9-19)20-11-15-12-21-18-5-3-2-4-16(15)18/h2-7,10,15H,8-9,11-12,19H2,1H3. The summed E-state index contributed by atoms with van der Waals surface area (Å²) in [5, 5.41) is 0. The molecule has 3 heteroatoms. The first-order chi connectivity index (χ1) is 10.3. The Hall–Kier alpha value is -1.45. The molecule has 2 aromatic rings. The lowest BCUT2D eigenvalue weighted by atomic mass is 10.0. The zero-order valence-corrected chi connectivity index (χ0v) is 13.2. The van der Waals surface area contributed by atoms with E-state index in [0.29, 0.717) is 12.5 Å². The van der Waals surface area contributed by atoms with Crippen molar-refractivity contribution in [1.82, 2.24) is 0 Å². The van der Waals surface area contributed by atoms with Crippen LogP contribution in [0.3, 0.4) is 0 Å². The fourth-order valence-electron chi connectivity index (χ4n) is 2.76. The second-order valence-corrected chi connectivity index (χ2v) is 6.57. The summed E-state index contributed by atoms with van der Waals surface area (Å²) >= 11 is 1.93. The van der Waals surface area contributed by atoms with Crippen molar-refractivity contribution >= 4 is 11.8 Å². The first kappa shape index (κ1) is 14.5. The molecule has 1 atom stereocenters. The van der Waals surface area contributed by atoms with E-state index in [0.717, 1.165) is 24.5 Å². The lowest BCUT2D eigenvalue weighted by Gasteiger charge is -2.16. The first-order valence-electron chi connectivity index (χ1n) is 7.42. The minimum Gasteiger partial charge on any atom is -0.493 e. The summed E-state index contributed by atoms with van der Waals surface area (Å²) in [6.07, 6.45) is 0.868. The molecule has 1 unspecified atom stereocenters. The monoisotopic (exact) mass is 299 g/mol. The predicted molar refractivity (Wildman–Crippen MR) is 89.3 cm³/mol. The SMILES string of the molecule is Cc1ccc(OCC2CSc3ccccc32)c(CCN)c1. The summed E-state index contributed by atoms with van der Waals surface area (Å²) in [4.78, 5) is 1.40. The molecule has 0 radical (unpaired) electrons. The number of aryl methyl sites for hydroxylation is 1. The van der Waals surface area contributed by atoms with Gasteiger partial charge < -0.3 is 10.5 Å². The van der Waals surface area contributed by atoms with Gasteiger partial charge in [-0.2, -0.15) is 0 Å². The number of nitrogens with two attached hydrogens (primary N) is 1. The van der Waals surface area contributed by atoms with Crippen LogP contribution in [0.1, 0.15) is 22.6 Å². The maximum absolute atomic E-state index is 6.12. The molecule has 2 N–H and O–H groups in total. The molecule has 0 aliphatic carbocycles. The number of benzene rings is 2. The molecule has 0 spiro atoms. The summed E-state index contributed by atoms with van der Waals surface area (Å²) in [5.74, 6) is 2.58. The Bertz CT molecular complexity index is 626. The second-order valence-electron chi connectivity index (χ2n) is 5.51. The number of hydrogen-bond donors (Lipinski definition) is 1. The average Bonchev–Trinajstić information content (AvgIpc) is 2.90. The van der Waals surface area contributed by atoms with E-state index < -0.39 is 0 Å². The molecular formula is C18H21NOS. The molecule has 1 aliphatic rings. The third-order valence-electron chi connectivity index (χ3n) is 3.87. The molecule has 0 bridgehead atoms. The van der Waals surface area contributed by atoms with Crippen LogP contribution in [0, 0.1) is 6.92 Å². The molecule has 0 saturated heterocycles. The number of rotatable bonds is 5. The first-order valence-corrected chi connectivity index (χ1v) is 8.40. The van der Waals surface area contributed by atoms with Crippen LogP contribution in [-0.2, 0) is 6.42 Å². The van der Waals surface area contributed by atoms with Gasteiger partial charge in [0.15, 0.2) is 0 Å². The van der Waals surface area contributed by atoms with Crippen molar-refractivity contribution in [3.8, 4) is 5.75 Å². The molecule has 2 aromatic carbocycles. The van der Waals surface area contributed by atoms with E-state index >= 15 is 0 Å². The van der Waals surface area contributed by atoms with Gasteiger partial charge in [-0.15, -0.1) is 11.8 Å². The molecule has 110 valence electrons. The van der Waals surface area contributed by atoms with Gasteiger partial charge in [0.1, 0.15) is 5.75 Å². The highest BCUT2D eigenvalue weighted by atomic mass is 32.2. The smallest absolute Gasteiger partial charge is 0.122 e. The summed E-state index contributed by atoms with van der Waals surface area (Å²) < 4.78 is 6.12. The number of fused-ring (bicyclic) bond motifs is 1. The molecule has 3 rings (SSSR count). The van der Waals surface area contributed by atoms with E-state index in [2.05, 4.69) is 49.4 Å². The van der Waals surface area contributed by atoms with Gasteiger partial charge >= 0.3 is 0 Å². The summed E-state index contributed by atoms with van der Waals surface area (Å²) in [7, 11) is 0. The van der Waals surface area contributed by atoms with Crippen LogP contribution in [0.25, 0.3) is 0 Å². The van der Waals surface area contributed by atoms with Crippen molar-refractivity contribution in [2.75, 3.05) is 18.9 Å². The number of thioether (sulfide) groups is 1. The van der Waals surface area contributed by atoms with Gasteiger partial charge in [-0.3, -0.25) is 0 Å². The molecule has 2 nitrogen and oxygen atoms in total. The third kappa shape index (κ3) is 3.25. The maximum Gasteiger partial charge on any atom is 0.122 e. The highest BCUT2D eigenvalue weighted by molar-refractivity contribution is 7.99. The van der Waals surface area contributed by atoms with Crippen molar-refractivity contribution in [3.63, 3.8) is 0 Å². The largest absolute Gasteiger partial charge is 0.493 e. The van der Waals surface area contributed by atoms with E-state index in [4.69, 9.17) is 10.5 Å². The number of hydrogen-bond acceptors (Lipinski definition) is 3. The lowest BCUT2D eigenvalue weighted by molar-refractivity contribution is 0.295. The molecular weight excluding hydrogens is 278 g/mol. The maximum atomic E-state index is 6.12. The predicted octanol–water partition coefficient (Wildman–Crippen LogP) is 3.76. The van der Waals surface area contributed by atoms with Crippen LogP contribution in [0.2, 0.25) is 0 Å². The van der Waals surface area contributed by atoms with Crippen molar-refractivity contribution in [2.45, 2.75) is 24.2 Å². The Balaban J connectivity index is 1.71. The van der Waals surface area contributed by atoms with Crippen LogP contribution in [-0.4, -0.2) is 18.9 Å². The quantitative estimate of drug-likeness (QED) is 0.913. The highest BCUT2D eigenvalue weighted by Crippen LogP contribution is 2.39. The molecule has 0 fully saturated rings. The minimum absolute atomic E-state index is 0.484. The summed E-state index contributed by atoms with van der Waals surface area (Å²) in [6.45, 7) is 3.50. The molecule has 0 aromatic heterocycles. The third-order valence-corrected chi connectivity index (χ3v) is 5.12. The van der Waals surface area contributed by atoms with Gasteiger partial charge in [0, 0.05) is 16.6 Å². The minimum atomic E-state index is 0.484. The van der Waals surface area contributed by atoms with Crippen molar-refractivity contribution in [2.24, 2.45) is 5.73 Å². The normalized spacial score (nSPS) is 16.8. The Labute approximate surface area is 130 Å². The Morgan fingerprint density at radius 2 is 2.10 bits per heavy atom. The van der Waals surface area contributed by atoms with E-state index in [9.17, 15) is 0 Å². The zero-order chi connectivity index (χ0) is 14.7. The summed E-state index contributed by atoms with van der Waals surface area (Å²) in [6, 6.07) is 15.0. The Morgan fingerprint density at radius 1 is 1.24 bits per heavy atom. The molecule has 0 amide bonds. The highest BCUT2D eigenvalue weighted by Gasteiger charge is 2.23. The Morgan fingerprint density at radius 3 is 2.95 bits per heavy atom. The Kier molecular flexibility index (Phi) is 4.51. The molecule has 0 saturated carbocycles. The van der Waals surface area contributed by atoms with E-state index in [-0.39, 0.29) is 0 Å². The fraction of sp³-hybridized carbons (Fsp3) is 0.333. The van der Waals surface area contributed by atoms with Crippen molar-refractivity contribution < 1.29 is 4.74 Å². The van der Waals surface area contributed by atoms with Gasteiger partial charge in [0.25, 0.3) is 0 Å². The van der Waals surface area contributed by atoms with Crippen LogP contribution < -0.4 is 10.5 Å². The van der Waals surface area contributed by atoms with Crippen LogP contribution in [0.15, 0.2) is 47.4 Å². The van der Waals surface area contributed by atoms with Gasteiger partial charge in [-0.1, -0.05) is 35.9 Å².